The molecule has 2 aromatic rings. The van der Waals surface area contributed by atoms with Crippen molar-refractivity contribution in [2.75, 3.05) is 24.5 Å². The van der Waals surface area contributed by atoms with Crippen molar-refractivity contribution in [1.82, 2.24) is 9.80 Å². The third-order valence-electron chi connectivity index (χ3n) is 7.04. The van der Waals surface area contributed by atoms with Crippen LogP contribution in [0.3, 0.4) is 0 Å². The number of benzene rings is 2. The standard InChI is InChI=1S/C27H35N3O/c1-4-18-29-24-16-17-25(29)20-26(19-24)30(22-10-8-7-9-11-22)23-14-12-21(13-15-23)27(31)28(5-2)6-3/h4,7-15,24-26H,1,5-6,16-20H2,2-3H3/t24-,25+,26+. The third-order valence-corrected chi connectivity index (χ3v) is 7.04. The van der Waals surface area contributed by atoms with Crippen LogP contribution in [0.25, 0.3) is 0 Å². The van der Waals surface area contributed by atoms with Crippen molar-refractivity contribution < 1.29 is 4.79 Å². The normalized spacial score (nSPS) is 22.8. The van der Waals surface area contributed by atoms with Crippen LogP contribution in [0.4, 0.5) is 11.4 Å². The molecule has 0 unspecified atom stereocenters. The maximum absolute atomic E-state index is 12.8. The van der Waals surface area contributed by atoms with Gasteiger partial charge in [0, 0.05) is 54.7 Å². The molecule has 3 atom stereocenters. The molecule has 164 valence electrons. The van der Waals surface area contributed by atoms with E-state index in [1.807, 2.05) is 37.0 Å². The number of piperidine rings is 1. The van der Waals surface area contributed by atoms with Crippen molar-refractivity contribution in [3.05, 3.63) is 72.8 Å². The molecular weight excluding hydrogens is 382 g/mol. The van der Waals surface area contributed by atoms with Crippen LogP contribution >= 0.6 is 0 Å². The molecule has 4 rings (SSSR count). The zero-order chi connectivity index (χ0) is 21.8. The van der Waals surface area contributed by atoms with Gasteiger partial charge in [-0.3, -0.25) is 9.69 Å². The number of amides is 1. The summed E-state index contributed by atoms with van der Waals surface area (Å²) in [5, 5.41) is 0. The SMILES string of the molecule is C=CCN1[C@@H]2CC[C@H]1C[C@@H](N(c1ccccc1)c1ccc(C(=O)N(CC)CC)cc1)C2. The van der Waals surface area contributed by atoms with E-state index in [2.05, 4.69) is 58.8 Å². The number of fused-ring (bicyclic) bond motifs is 2. The lowest BCUT2D eigenvalue weighted by atomic mass is 9.94. The van der Waals surface area contributed by atoms with Crippen LogP contribution in [0.15, 0.2) is 67.3 Å². The molecule has 0 saturated carbocycles. The summed E-state index contributed by atoms with van der Waals surface area (Å²) in [5.41, 5.74) is 3.16. The lowest BCUT2D eigenvalue weighted by Crippen LogP contribution is -2.49. The van der Waals surface area contributed by atoms with Crippen molar-refractivity contribution in [1.29, 1.82) is 0 Å². The summed E-state index contributed by atoms with van der Waals surface area (Å²) < 4.78 is 0. The monoisotopic (exact) mass is 417 g/mol. The molecule has 2 aromatic carbocycles. The van der Waals surface area contributed by atoms with Crippen LogP contribution in [-0.2, 0) is 0 Å². The second-order valence-electron chi connectivity index (χ2n) is 8.73. The van der Waals surface area contributed by atoms with Gasteiger partial charge in [-0.25, -0.2) is 0 Å². The Bertz CT molecular complexity index is 861. The van der Waals surface area contributed by atoms with E-state index in [4.69, 9.17) is 0 Å². The van der Waals surface area contributed by atoms with E-state index in [-0.39, 0.29) is 5.91 Å². The number of rotatable bonds is 8. The first kappa shape index (κ1) is 21.6. The molecule has 2 bridgehead atoms. The van der Waals surface area contributed by atoms with Crippen LogP contribution in [-0.4, -0.2) is 53.5 Å². The van der Waals surface area contributed by atoms with Gasteiger partial charge in [-0.2, -0.15) is 0 Å². The lowest BCUT2D eigenvalue weighted by molar-refractivity contribution is 0.0773. The predicted molar refractivity (Wildman–Crippen MR) is 129 cm³/mol. The number of carbonyl (C=O) groups is 1. The first-order valence-electron chi connectivity index (χ1n) is 11.8. The van der Waals surface area contributed by atoms with Crippen LogP contribution in [0, 0.1) is 0 Å². The van der Waals surface area contributed by atoms with E-state index >= 15 is 0 Å². The molecule has 2 aliphatic heterocycles. The molecule has 31 heavy (non-hydrogen) atoms. The minimum absolute atomic E-state index is 0.110. The molecule has 2 saturated heterocycles. The highest BCUT2D eigenvalue weighted by Gasteiger charge is 2.42. The van der Waals surface area contributed by atoms with Gasteiger partial charge in [-0.15, -0.1) is 6.58 Å². The number of carbonyl (C=O) groups excluding carboxylic acids is 1. The molecule has 2 aliphatic rings. The van der Waals surface area contributed by atoms with Crippen molar-refractivity contribution >= 4 is 17.3 Å². The Labute approximate surface area is 187 Å². The molecular formula is C27H35N3O. The molecule has 4 heteroatoms. The van der Waals surface area contributed by atoms with E-state index < -0.39 is 0 Å². The number of anilines is 2. The van der Waals surface area contributed by atoms with Crippen molar-refractivity contribution in [2.45, 2.75) is 57.7 Å². The molecule has 4 nitrogen and oxygen atoms in total. The zero-order valence-corrected chi connectivity index (χ0v) is 18.9. The van der Waals surface area contributed by atoms with Crippen LogP contribution in [0.2, 0.25) is 0 Å². The van der Waals surface area contributed by atoms with Gasteiger partial charge in [0.15, 0.2) is 0 Å². The highest BCUT2D eigenvalue weighted by molar-refractivity contribution is 5.94. The zero-order valence-electron chi connectivity index (χ0n) is 18.9. The topological polar surface area (TPSA) is 26.8 Å². The third kappa shape index (κ3) is 4.40. The van der Waals surface area contributed by atoms with Gasteiger partial charge in [-0.1, -0.05) is 24.3 Å². The summed E-state index contributed by atoms with van der Waals surface area (Å²) >= 11 is 0. The quantitative estimate of drug-likeness (QED) is 0.532. The first-order chi connectivity index (χ1) is 15.2. The number of hydrogen-bond acceptors (Lipinski definition) is 3. The molecule has 0 N–H and O–H groups in total. The van der Waals surface area contributed by atoms with E-state index in [0.717, 1.165) is 25.2 Å². The maximum Gasteiger partial charge on any atom is 0.253 e. The molecule has 2 heterocycles. The molecule has 0 radical (unpaired) electrons. The van der Waals surface area contributed by atoms with E-state index in [1.165, 1.54) is 37.1 Å². The maximum atomic E-state index is 12.8. The highest BCUT2D eigenvalue weighted by atomic mass is 16.2. The number of para-hydroxylation sites is 1. The summed E-state index contributed by atoms with van der Waals surface area (Å²) in [6, 6.07) is 20.7. The van der Waals surface area contributed by atoms with Crippen molar-refractivity contribution in [3.8, 4) is 0 Å². The van der Waals surface area contributed by atoms with Gasteiger partial charge in [0.1, 0.15) is 0 Å². The smallest absolute Gasteiger partial charge is 0.253 e. The highest BCUT2D eigenvalue weighted by Crippen LogP contribution is 2.41. The average Bonchev–Trinajstić information content (AvgIpc) is 3.03. The Morgan fingerprint density at radius 2 is 1.55 bits per heavy atom. The van der Waals surface area contributed by atoms with Crippen LogP contribution in [0.5, 0.6) is 0 Å². The summed E-state index contributed by atoms with van der Waals surface area (Å²) in [7, 11) is 0. The van der Waals surface area contributed by atoms with E-state index in [0.29, 0.717) is 18.1 Å². The number of nitrogens with zero attached hydrogens (tertiary/aromatic N) is 3. The van der Waals surface area contributed by atoms with E-state index in [9.17, 15) is 4.79 Å². The van der Waals surface area contributed by atoms with Crippen molar-refractivity contribution in [2.24, 2.45) is 0 Å². The second kappa shape index (κ2) is 9.69. The molecule has 0 aliphatic carbocycles. The Balaban J connectivity index is 1.61. The number of hydrogen-bond donors (Lipinski definition) is 0. The summed E-state index contributed by atoms with van der Waals surface area (Å²) in [6.45, 7) is 10.5. The average molecular weight is 418 g/mol. The Morgan fingerprint density at radius 1 is 0.968 bits per heavy atom. The first-order valence-corrected chi connectivity index (χ1v) is 11.8. The lowest BCUT2D eigenvalue weighted by Gasteiger charge is -2.44. The molecule has 1 amide bonds. The van der Waals surface area contributed by atoms with Gasteiger partial charge in [0.2, 0.25) is 0 Å². The summed E-state index contributed by atoms with van der Waals surface area (Å²) in [5.74, 6) is 0.110. The van der Waals surface area contributed by atoms with Gasteiger partial charge in [-0.05, 0) is 75.9 Å². The fourth-order valence-corrected chi connectivity index (χ4v) is 5.52. The Hall–Kier alpha value is -2.59. The minimum Gasteiger partial charge on any atom is -0.339 e. The van der Waals surface area contributed by atoms with Gasteiger partial charge >= 0.3 is 0 Å². The summed E-state index contributed by atoms with van der Waals surface area (Å²) in [4.78, 5) is 19.8. The fourth-order valence-electron chi connectivity index (χ4n) is 5.52. The van der Waals surface area contributed by atoms with Crippen LogP contribution in [0.1, 0.15) is 49.9 Å². The van der Waals surface area contributed by atoms with Gasteiger partial charge in [0.25, 0.3) is 5.91 Å². The fraction of sp³-hybridized carbons (Fsp3) is 0.444. The Morgan fingerprint density at radius 3 is 2.10 bits per heavy atom. The molecule has 0 spiro atoms. The van der Waals surface area contributed by atoms with Crippen molar-refractivity contribution in [3.63, 3.8) is 0 Å². The molecule has 2 fully saturated rings. The van der Waals surface area contributed by atoms with Crippen LogP contribution < -0.4 is 4.90 Å². The van der Waals surface area contributed by atoms with Gasteiger partial charge < -0.3 is 9.80 Å². The predicted octanol–water partition coefficient (Wildman–Crippen LogP) is 5.49. The summed E-state index contributed by atoms with van der Waals surface area (Å²) in [6.07, 6.45) is 6.95. The second-order valence-corrected chi connectivity index (χ2v) is 8.73. The van der Waals surface area contributed by atoms with E-state index in [1.54, 1.807) is 0 Å². The Kier molecular flexibility index (Phi) is 6.77. The van der Waals surface area contributed by atoms with Gasteiger partial charge in [0.05, 0.1) is 0 Å². The minimum atomic E-state index is 0.110. The largest absolute Gasteiger partial charge is 0.339 e. The molecule has 0 aromatic heterocycles.